The number of halogens is 2. The molecule has 0 spiro atoms. The quantitative estimate of drug-likeness (QED) is 0.286. The molecule has 1 aromatic heterocycles. The zero-order valence-corrected chi connectivity index (χ0v) is 18.2. The molecular formula is C21H16BrClN4OS. The Morgan fingerprint density at radius 3 is 2.34 bits per heavy atom. The van der Waals surface area contributed by atoms with Crippen molar-refractivity contribution in [2.24, 2.45) is 0 Å². The fourth-order valence-corrected chi connectivity index (χ4v) is 3.39. The summed E-state index contributed by atoms with van der Waals surface area (Å²) < 4.78 is 6.83. The minimum absolute atomic E-state index is 0.336. The molecule has 5 nitrogen and oxygen atoms in total. The number of nitrogens with one attached hydrogen (secondary N) is 3. The van der Waals surface area contributed by atoms with Gasteiger partial charge >= 0.3 is 0 Å². The zero-order chi connectivity index (χ0) is 20.2. The molecular weight excluding hydrogens is 472 g/mol. The molecule has 0 aliphatic heterocycles. The Morgan fingerprint density at radius 2 is 1.66 bits per heavy atom. The maximum atomic E-state index is 6.00. The fraction of sp³-hybridized carbons (Fsp3) is 0.0476. The average Bonchev–Trinajstić information content (AvgIpc) is 3.11. The fourth-order valence-electron chi connectivity index (χ4n) is 2.72. The second-order valence-electron chi connectivity index (χ2n) is 6.24. The topological polar surface area (TPSA) is 62.0 Å². The Kier molecular flexibility index (Phi) is 5.99. The van der Waals surface area contributed by atoms with Gasteiger partial charge in [-0.15, -0.1) is 0 Å². The van der Waals surface area contributed by atoms with Gasteiger partial charge < -0.3 is 20.4 Å². The third-order valence-electron chi connectivity index (χ3n) is 4.08. The van der Waals surface area contributed by atoms with Crippen LogP contribution in [0.2, 0.25) is 5.02 Å². The molecule has 4 aromatic rings. The second-order valence-corrected chi connectivity index (χ2v) is 8.00. The first kappa shape index (κ1) is 19.7. The van der Waals surface area contributed by atoms with E-state index in [9.17, 15) is 0 Å². The molecule has 0 amide bonds. The van der Waals surface area contributed by atoms with Crippen molar-refractivity contribution in [3.8, 4) is 5.75 Å². The van der Waals surface area contributed by atoms with E-state index in [2.05, 4.69) is 36.5 Å². The molecule has 0 atom stereocenters. The molecule has 3 N–H and O–H groups in total. The van der Waals surface area contributed by atoms with E-state index in [0.29, 0.717) is 16.7 Å². The summed E-state index contributed by atoms with van der Waals surface area (Å²) >= 11 is 14.8. The van der Waals surface area contributed by atoms with E-state index in [1.165, 1.54) is 0 Å². The summed E-state index contributed by atoms with van der Waals surface area (Å²) in [5.41, 5.74) is 3.53. The Hall–Kier alpha value is -2.61. The third kappa shape index (κ3) is 5.26. The number of thiocarbonyl (C=S) groups is 1. The van der Waals surface area contributed by atoms with Gasteiger partial charge in [-0.1, -0.05) is 27.5 Å². The van der Waals surface area contributed by atoms with E-state index < -0.39 is 0 Å². The molecule has 0 aliphatic carbocycles. The first-order valence-corrected chi connectivity index (χ1v) is 10.3. The number of imidazole rings is 1. The molecule has 146 valence electrons. The molecule has 0 saturated heterocycles. The highest BCUT2D eigenvalue weighted by molar-refractivity contribution is 9.10. The number of ether oxygens (including phenoxy) is 1. The van der Waals surface area contributed by atoms with Crippen molar-refractivity contribution in [3.63, 3.8) is 0 Å². The van der Waals surface area contributed by atoms with Gasteiger partial charge in [0.05, 0.1) is 11.0 Å². The second kappa shape index (κ2) is 8.82. The van der Waals surface area contributed by atoms with E-state index in [1.807, 2.05) is 66.7 Å². The first-order valence-electron chi connectivity index (χ1n) is 8.76. The van der Waals surface area contributed by atoms with Gasteiger partial charge in [0.2, 0.25) is 0 Å². The smallest absolute Gasteiger partial charge is 0.175 e. The van der Waals surface area contributed by atoms with Crippen LogP contribution in [0.25, 0.3) is 11.0 Å². The van der Waals surface area contributed by atoms with Crippen molar-refractivity contribution in [3.05, 3.63) is 82.0 Å². The molecule has 0 aliphatic rings. The van der Waals surface area contributed by atoms with Gasteiger partial charge in [0.25, 0.3) is 0 Å². The first-order chi connectivity index (χ1) is 14.0. The van der Waals surface area contributed by atoms with E-state index in [4.69, 9.17) is 28.6 Å². The lowest BCUT2D eigenvalue weighted by Gasteiger charge is -2.11. The summed E-state index contributed by atoms with van der Waals surface area (Å²) in [5, 5.41) is 7.48. The minimum Gasteiger partial charge on any atom is -0.486 e. The Morgan fingerprint density at radius 1 is 1.00 bits per heavy atom. The molecule has 3 aromatic carbocycles. The Bertz CT molecular complexity index is 1150. The van der Waals surface area contributed by atoms with Crippen molar-refractivity contribution < 1.29 is 4.74 Å². The maximum Gasteiger partial charge on any atom is 0.175 e. The summed E-state index contributed by atoms with van der Waals surface area (Å²) in [4.78, 5) is 7.70. The van der Waals surface area contributed by atoms with Crippen LogP contribution in [0, 0.1) is 0 Å². The van der Waals surface area contributed by atoms with E-state index in [-0.39, 0.29) is 0 Å². The van der Waals surface area contributed by atoms with Crippen LogP contribution in [-0.4, -0.2) is 15.1 Å². The SMILES string of the molecule is S=C(Nc1ccc(Br)cc1)Nc1ccc(OCc2nc3ccc(Cl)cc3[nH]2)cc1. The molecule has 29 heavy (non-hydrogen) atoms. The number of benzene rings is 3. The van der Waals surface area contributed by atoms with Crippen molar-refractivity contribution in [1.82, 2.24) is 9.97 Å². The largest absolute Gasteiger partial charge is 0.486 e. The van der Waals surface area contributed by atoms with Crippen LogP contribution in [0.1, 0.15) is 5.82 Å². The van der Waals surface area contributed by atoms with Crippen LogP contribution >= 0.6 is 39.7 Å². The van der Waals surface area contributed by atoms with E-state index in [0.717, 1.165) is 38.5 Å². The van der Waals surface area contributed by atoms with Crippen molar-refractivity contribution >= 4 is 67.3 Å². The van der Waals surface area contributed by atoms with Gasteiger partial charge in [-0.3, -0.25) is 0 Å². The van der Waals surface area contributed by atoms with Crippen molar-refractivity contribution in [1.29, 1.82) is 0 Å². The van der Waals surface area contributed by atoms with Gasteiger partial charge in [-0.05, 0) is 78.9 Å². The summed E-state index contributed by atoms with van der Waals surface area (Å²) in [5.74, 6) is 1.48. The number of hydrogen-bond acceptors (Lipinski definition) is 3. The summed E-state index contributed by atoms with van der Waals surface area (Å²) in [6.07, 6.45) is 0. The molecule has 0 fully saturated rings. The third-order valence-corrected chi connectivity index (χ3v) is 5.05. The summed E-state index contributed by atoms with van der Waals surface area (Å²) in [7, 11) is 0. The average molecular weight is 488 g/mol. The predicted molar refractivity (Wildman–Crippen MR) is 126 cm³/mol. The van der Waals surface area contributed by atoms with Crippen LogP contribution in [0.4, 0.5) is 11.4 Å². The van der Waals surface area contributed by atoms with Crippen molar-refractivity contribution in [2.45, 2.75) is 6.61 Å². The Labute approximate surface area is 186 Å². The molecule has 8 heteroatoms. The van der Waals surface area contributed by atoms with Crippen molar-refractivity contribution in [2.75, 3.05) is 10.6 Å². The molecule has 0 saturated carbocycles. The number of aromatic nitrogens is 2. The highest BCUT2D eigenvalue weighted by atomic mass is 79.9. The molecule has 0 radical (unpaired) electrons. The molecule has 0 unspecified atom stereocenters. The van der Waals surface area contributed by atoms with E-state index >= 15 is 0 Å². The summed E-state index contributed by atoms with van der Waals surface area (Å²) in [6, 6.07) is 20.9. The lowest BCUT2D eigenvalue weighted by molar-refractivity contribution is 0.297. The number of anilines is 2. The van der Waals surface area contributed by atoms with Gasteiger partial charge in [0.1, 0.15) is 18.2 Å². The normalized spacial score (nSPS) is 10.7. The zero-order valence-electron chi connectivity index (χ0n) is 15.1. The maximum absolute atomic E-state index is 6.00. The van der Waals surface area contributed by atoms with Gasteiger partial charge in [0, 0.05) is 20.9 Å². The van der Waals surface area contributed by atoms with Gasteiger partial charge in [0.15, 0.2) is 5.11 Å². The lowest BCUT2D eigenvalue weighted by Crippen LogP contribution is -2.18. The summed E-state index contributed by atoms with van der Waals surface area (Å²) in [6.45, 7) is 0.336. The number of fused-ring (bicyclic) bond motifs is 1. The van der Waals surface area contributed by atoms with Gasteiger partial charge in [-0.2, -0.15) is 0 Å². The van der Waals surface area contributed by atoms with Crippen LogP contribution in [0.3, 0.4) is 0 Å². The predicted octanol–water partition coefficient (Wildman–Crippen LogP) is 6.37. The van der Waals surface area contributed by atoms with Crippen LogP contribution in [0.15, 0.2) is 71.2 Å². The van der Waals surface area contributed by atoms with Crippen LogP contribution < -0.4 is 15.4 Å². The number of rotatable bonds is 5. The number of nitrogens with zero attached hydrogens (tertiary/aromatic N) is 1. The highest BCUT2D eigenvalue weighted by Crippen LogP contribution is 2.20. The molecule has 1 heterocycles. The number of hydrogen-bond donors (Lipinski definition) is 3. The van der Waals surface area contributed by atoms with Crippen LogP contribution in [-0.2, 0) is 6.61 Å². The lowest BCUT2D eigenvalue weighted by atomic mass is 10.3. The van der Waals surface area contributed by atoms with E-state index in [1.54, 1.807) is 0 Å². The number of aromatic amines is 1. The van der Waals surface area contributed by atoms with Crippen LogP contribution in [0.5, 0.6) is 5.75 Å². The Balaban J connectivity index is 1.32. The van der Waals surface area contributed by atoms with Gasteiger partial charge in [-0.25, -0.2) is 4.98 Å². The monoisotopic (exact) mass is 486 g/mol. The standard InChI is InChI=1S/C21H16BrClN4OS/c22-13-1-4-15(5-2-13)24-21(29)25-16-6-8-17(9-7-16)28-12-20-26-18-10-3-14(23)11-19(18)27-20/h1-11H,12H2,(H,26,27)(H2,24,25,29). The minimum atomic E-state index is 0.336. The highest BCUT2D eigenvalue weighted by Gasteiger charge is 2.05. The molecule has 0 bridgehead atoms. The number of H-pyrrole nitrogens is 1. The molecule has 4 rings (SSSR count).